The number of benzene rings is 2. The fraction of sp³-hybridized carbons (Fsp3) is 0.0588. The molecule has 1 heterocycles. The summed E-state index contributed by atoms with van der Waals surface area (Å²) in [6.07, 6.45) is 0. The van der Waals surface area contributed by atoms with E-state index in [0.717, 1.165) is 16.1 Å². The predicted octanol–water partition coefficient (Wildman–Crippen LogP) is 4.28. The second kappa shape index (κ2) is 6.59. The Morgan fingerprint density at radius 2 is 1.79 bits per heavy atom. The summed E-state index contributed by atoms with van der Waals surface area (Å²) in [7, 11) is 0. The lowest BCUT2D eigenvalue weighted by molar-refractivity contribution is -0.384. The predicted molar refractivity (Wildman–Crippen MR) is 93.3 cm³/mol. The van der Waals surface area contributed by atoms with Crippen molar-refractivity contribution in [1.82, 2.24) is 4.98 Å². The lowest BCUT2D eigenvalue weighted by Gasteiger charge is -2.01. The molecule has 0 aliphatic rings. The number of carbonyl (C=O) groups excluding carboxylic acids is 1. The largest absolute Gasteiger partial charge is 0.298 e. The molecule has 0 saturated carbocycles. The maximum absolute atomic E-state index is 12.2. The van der Waals surface area contributed by atoms with Crippen LogP contribution in [0.25, 0.3) is 11.3 Å². The maximum Gasteiger partial charge on any atom is 0.269 e. The van der Waals surface area contributed by atoms with E-state index >= 15 is 0 Å². The summed E-state index contributed by atoms with van der Waals surface area (Å²) in [4.78, 5) is 27.9. The highest BCUT2D eigenvalue weighted by Gasteiger charge is 2.14. The van der Waals surface area contributed by atoms with Gasteiger partial charge in [0, 0.05) is 28.1 Å². The normalized spacial score (nSPS) is 10.4. The van der Waals surface area contributed by atoms with Gasteiger partial charge in [0.1, 0.15) is 0 Å². The van der Waals surface area contributed by atoms with Crippen molar-refractivity contribution in [2.75, 3.05) is 5.32 Å². The summed E-state index contributed by atoms with van der Waals surface area (Å²) in [5, 5.41) is 13.9. The molecule has 0 aliphatic carbocycles. The third-order valence-corrected chi connectivity index (χ3v) is 4.29. The Labute approximate surface area is 141 Å². The van der Waals surface area contributed by atoms with Gasteiger partial charge in [0.15, 0.2) is 5.13 Å². The highest BCUT2D eigenvalue weighted by molar-refractivity contribution is 7.16. The van der Waals surface area contributed by atoms with Gasteiger partial charge in [-0.25, -0.2) is 4.98 Å². The summed E-state index contributed by atoms with van der Waals surface area (Å²) < 4.78 is 0. The number of aromatic nitrogens is 1. The van der Waals surface area contributed by atoms with E-state index in [0.29, 0.717) is 10.7 Å². The van der Waals surface area contributed by atoms with Crippen LogP contribution in [0.4, 0.5) is 10.8 Å². The first-order valence-electron chi connectivity index (χ1n) is 7.13. The van der Waals surface area contributed by atoms with Gasteiger partial charge in [0.25, 0.3) is 11.6 Å². The summed E-state index contributed by atoms with van der Waals surface area (Å²) in [5.41, 5.74) is 2.11. The summed E-state index contributed by atoms with van der Waals surface area (Å²) in [6, 6.07) is 15.2. The van der Waals surface area contributed by atoms with Crippen LogP contribution in [0.15, 0.2) is 54.6 Å². The van der Waals surface area contributed by atoms with Gasteiger partial charge >= 0.3 is 0 Å². The van der Waals surface area contributed by atoms with E-state index in [-0.39, 0.29) is 11.6 Å². The van der Waals surface area contributed by atoms with Crippen LogP contribution in [0.5, 0.6) is 0 Å². The number of anilines is 1. The van der Waals surface area contributed by atoms with Gasteiger partial charge in [-0.1, -0.05) is 30.3 Å². The van der Waals surface area contributed by atoms with Gasteiger partial charge in [-0.3, -0.25) is 20.2 Å². The van der Waals surface area contributed by atoms with E-state index in [2.05, 4.69) is 10.3 Å². The lowest BCUT2D eigenvalue weighted by atomic mass is 10.1. The number of hydrogen-bond acceptors (Lipinski definition) is 5. The quantitative estimate of drug-likeness (QED) is 0.568. The van der Waals surface area contributed by atoms with Crippen molar-refractivity contribution in [3.05, 3.63) is 75.2 Å². The van der Waals surface area contributed by atoms with Gasteiger partial charge < -0.3 is 0 Å². The number of carbonyl (C=O) groups is 1. The van der Waals surface area contributed by atoms with Gasteiger partial charge in [-0.05, 0) is 19.1 Å². The van der Waals surface area contributed by atoms with Crippen LogP contribution in [0.3, 0.4) is 0 Å². The second-order valence-corrected chi connectivity index (χ2v) is 6.25. The van der Waals surface area contributed by atoms with E-state index < -0.39 is 4.92 Å². The van der Waals surface area contributed by atoms with Crippen molar-refractivity contribution in [3.63, 3.8) is 0 Å². The number of non-ortho nitro benzene ring substituents is 1. The first-order valence-corrected chi connectivity index (χ1v) is 7.95. The van der Waals surface area contributed by atoms with E-state index in [9.17, 15) is 14.9 Å². The minimum absolute atomic E-state index is 0.0528. The van der Waals surface area contributed by atoms with Crippen LogP contribution >= 0.6 is 11.3 Å². The minimum atomic E-state index is -0.502. The average molecular weight is 339 g/mol. The number of rotatable bonds is 4. The van der Waals surface area contributed by atoms with Crippen LogP contribution < -0.4 is 5.32 Å². The molecular weight excluding hydrogens is 326 g/mol. The smallest absolute Gasteiger partial charge is 0.269 e. The highest BCUT2D eigenvalue weighted by Crippen LogP contribution is 2.30. The van der Waals surface area contributed by atoms with Crippen molar-refractivity contribution in [3.8, 4) is 11.3 Å². The zero-order valence-corrected chi connectivity index (χ0v) is 13.5. The molecule has 3 aromatic rings. The standard InChI is InChI=1S/C17H13N3O3S/c1-11-15(12-5-3-2-4-6-12)18-17(24-11)19-16(21)13-7-9-14(10-8-13)20(22)23/h2-10H,1H3,(H,18,19,21). The van der Waals surface area contributed by atoms with Crippen molar-refractivity contribution >= 4 is 28.1 Å². The van der Waals surface area contributed by atoms with Crippen LogP contribution in [0.1, 0.15) is 15.2 Å². The van der Waals surface area contributed by atoms with Crippen molar-refractivity contribution in [2.24, 2.45) is 0 Å². The van der Waals surface area contributed by atoms with Gasteiger partial charge in [0.05, 0.1) is 10.6 Å². The highest BCUT2D eigenvalue weighted by atomic mass is 32.1. The zero-order chi connectivity index (χ0) is 17.1. The Kier molecular flexibility index (Phi) is 4.35. The maximum atomic E-state index is 12.2. The third kappa shape index (κ3) is 3.31. The number of nitro groups is 1. The summed E-state index contributed by atoms with van der Waals surface area (Å²) in [5.74, 6) is -0.349. The van der Waals surface area contributed by atoms with Gasteiger partial charge in [0.2, 0.25) is 0 Å². The molecule has 6 nitrogen and oxygen atoms in total. The Balaban J connectivity index is 1.79. The molecule has 0 bridgehead atoms. The SMILES string of the molecule is Cc1sc(NC(=O)c2ccc([N+](=O)[O-])cc2)nc1-c1ccccc1. The Morgan fingerprint density at radius 3 is 2.42 bits per heavy atom. The van der Waals surface area contributed by atoms with Crippen LogP contribution in [0.2, 0.25) is 0 Å². The molecule has 3 rings (SSSR count). The minimum Gasteiger partial charge on any atom is -0.298 e. The van der Waals surface area contributed by atoms with Crippen molar-refractivity contribution < 1.29 is 9.72 Å². The molecule has 7 heteroatoms. The molecule has 24 heavy (non-hydrogen) atoms. The average Bonchev–Trinajstić information content (AvgIpc) is 2.96. The topological polar surface area (TPSA) is 85.1 Å². The number of hydrogen-bond donors (Lipinski definition) is 1. The van der Waals surface area contributed by atoms with Crippen molar-refractivity contribution in [1.29, 1.82) is 0 Å². The molecule has 0 radical (unpaired) electrons. The molecule has 1 N–H and O–H groups in total. The second-order valence-electron chi connectivity index (χ2n) is 5.05. The fourth-order valence-corrected chi connectivity index (χ4v) is 3.05. The van der Waals surface area contributed by atoms with Crippen LogP contribution in [0, 0.1) is 17.0 Å². The molecule has 2 aromatic carbocycles. The Morgan fingerprint density at radius 1 is 1.12 bits per heavy atom. The molecule has 1 amide bonds. The van der Waals surface area contributed by atoms with Crippen LogP contribution in [-0.4, -0.2) is 15.8 Å². The number of thiazole rings is 1. The molecule has 1 aromatic heterocycles. The molecule has 0 saturated heterocycles. The summed E-state index contributed by atoms with van der Waals surface area (Å²) >= 11 is 1.39. The monoisotopic (exact) mass is 339 g/mol. The third-order valence-electron chi connectivity index (χ3n) is 3.40. The van der Waals surface area contributed by atoms with Gasteiger partial charge in [-0.2, -0.15) is 0 Å². The zero-order valence-electron chi connectivity index (χ0n) is 12.7. The lowest BCUT2D eigenvalue weighted by Crippen LogP contribution is -2.11. The molecular formula is C17H13N3O3S. The molecule has 0 atom stereocenters. The molecule has 0 aliphatic heterocycles. The first kappa shape index (κ1) is 15.8. The Hall–Kier alpha value is -3.06. The molecule has 0 unspecified atom stereocenters. The number of nitro benzene ring substituents is 1. The van der Waals surface area contributed by atoms with Crippen molar-refractivity contribution in [2.45, 2.75) is 6.92 Å². The number of aryl methyl sites for hydroxylation is 1. The molecule has 0 fully saturated rings. The van der Waals surface area contributed by atoms with E-state index in [1.54, 1.807) is 0 Å². The summed E-state index contributed by atoms with van der Waals surface area (Å²) in [6.45, 7) is 1.95. The number of nitrogens with zero attached hydrogens (tertiary/aromatic N) is 2. The van der Waals surface area contributed by atoms with Gasteiger partial charge in [-0.15, -0.1) is 11.3 Å². The fourth-order valence-electron chi connectivity index (χ4n) is 2.22. The number of amides is 1. The first-order chi connectivity index (χ1) is 11.5. The Bertz CT molecular complexity index is 889. The van der Waals surface area contributed by atoms with E-state index in [1.165, 1.54) is 35.6 Å². The number of nitrogens with one attached hydrogen (secondary N) is 1. The van der Waals surface area contributed by atoms with E-state index in [4.69, 9.17) is 0 Å². The van der Waals surface area contributed by atoms with Crippen LogP contribution in [-0.2, 0) is 0 Å². The van der Waals surface area contributed by atoms with E-state index in [1.807, 2.05) is 37.3 Å². The molecule has 0 spiro atoms. The molecule has 120 valence electrons.